The van der Waals surface area contributed by atoms with Gasteiger partial charge >= 0.3 is 0 Å². The van der Waals surface area contributed by atoms with Gasteiger partial charge in [-0.15, -0.1) is 11.3 Å². The normalized spacial score (nSPS) is 12.5. The molecular weight excluding hydrogens is 350 g/mol. The van der Waals surface area contributed by atoms with E-state index in [9.17, 15) is 4.79 Å². The number of aromatic nitrogens is 2. The Hall–Kier alpha value is -1.73. The summed E-state index contributed by atoms with van der Waals surface area (Å²) in [5.74, 6) is 0.928. The van der Waals surface area contributed by atoms with Gasteiger partial charge in [0.05, 0.1) is 17.4 Å². The zero-order valence-electron chi connectivity index (χ0n) is 16.9. The van der Waals surface area contributed by atoms with Crippen LogP contribution >= 0.6 is 11.3 Å². The van der Waals surface area contributed by atoms with Crippen LogP contribution in [0.3, 0.4) is 0 Å². The molecule has 144 valence electrons. The minimum Gasteiger partial charge on any atom is -0.480 e. The Bertz CT molecular complexity index is 806. The Morgan fingerprint density at radius 2 is 1.81 bits per heavy atom. The van der Waals surface area contributed by atoms with E-state index in [4.69, 9.17) is 9.47 Å². The summed E-state index contributed by atoms with van der Waals surface area (Å²) in [7, 11) is 3.16. The molecule has 2 aromatic heterocycles. The second-order valence-corrected chi connectivity index (χ2v) is 9.39. The Morgan fingerprint density at radius 3 is 2.35 bits per heavy atom. The van der Waals surface area contributed by atoms with Gasteiger partial charge in [0, 0.05) is 12.6 Å². The van der Waals surface area contributed by atoms with E-state index in [0.29, 0.717) is 23.2 Å². The van der Waals surface area contributed by atoms with Crippen LogP contribution in [0.1, 0.15) is 62.1 Å². The zero-order valence-corrected chi connectivity index (χ0v) is 17.8. The number of hydrogen-bond acceptors (Lipinski definition) is 6. The molecule has 26 heavy (non-hydrogen) atoms. The number of fused-ring (bicyclic) bond motifs is 1. The minimum atomic E-state index is -0.311. The first kappa shape index (κ1) is 20.6. The van der Waals surface area contributed by atoms with Gasteiger partial charge in [0.15, 0.2) is 5.82 Å². The average Bonchev–Trinajstić information content (AvgIpc) is 2.81. The lowest BCUT2D eigenvalue weighted by molar-refractivity contribution is 0.0895. The van der Waals surface area contributed by atoms with Crippen molar-refractivity contribution in [1.82, 2.24) is 15.3 Å². The van der Waals surface area contributed by atoms with Gasteiger partial charge in [-0.1, -0.05) is 20.8 Å². The third kappa shape index (κ3) is 4.71. The fourth-order valence-corrected chi connectivity index (χ4v) is 4.52. The van der Waals surface area contributed by atoms with Crippen LogP contribution in [0, 0.1) is 12.3 Å². The number of methoxy groups -OCH3 is 2. The van der Waals surface area contributed by atoms with Crippen LogP contribution in [-0.2, 0) is 11.3 Å². The Kier molecular flexibility index (Phi) is 5.92. The van der Waals surface area contributed by atoms with Crippen molar-refractivity contribution in [3.63, 3.8) is 0 Å². The molecule has 2 aromatic rings. The number of amides is 1. The van der Waals surface area contributed by atoms with E-state index in [2.05, 4.69) is 49.9 Å². The predicted molar refractivity (Wildman–Crippen MR) is 105 cm³/mol. The SMILES string of the molecule is COCc1nc(OC)c2c(C)c(C(=O)NC(C)(C)CC(C)(C)C)sc2n1. The van der Waals surface area contributed by atoms with Crippen LogP contribution in [0.15, 0.2) is 0 Å². The number of aryl methyl sites for hydroxylation is 1. The van der Waals surface area contributed by atoms with E-state index in [1.54, 1.807) is 14.2 Å². The Balaban J connectivity index is 2.40. The summed E-state index contributed by atoms with van der Waals surface area (Å²) in [5.41, 5.74) is 0.653. The van der Waals surface area contributed by atoms with E-state index in [1.165, 1.54) is 11.3 Å². The van der Waals surface area contributed by atoms with E-state index < -0.39 is 0 Å². The maximum Gasteiger partial charge on any atom is 0.262 e. The summed E-state index contributed by atoms with van der Waals surface area (Å²) < 4.78 is 10.5. The van der Waals surface area contributed by atoms with Crippen LogP contribution in [0.4, 0.5) is 0 Å². The van der Waals surface area contributed by atoms with Gasteiger partial charge in [-0.05, 0) is 38.2 Å². The van der Waals surface area contributed by atoms with Gasteiger partial charge in [0.2, 0.25) is 5.88 Å². The molecule has 2 rings (SSSR count). The molecule has 0 bridgehead atoms. The van der Waals surface area contributed by atoms with Crippen molar-refractivity contribution >= 4 is 27.5 Å². The molecule has 0 atom stereocenters. The highest BCUT2D eigenvalue weighted by Crippen LogP contribution is 2.35. The van der Waals surface area contributed by atoms with Gasteiger partial charge in [-0.25, -0.2) is 4.98 Å². The van der Waals surface area contributed by atoms with Crippen LogP contribution in [0.5, 0.6) is 5.88 Å². The number of ether oxygens (including phenoxy) is 2. The van der Waals surface area contributed by atoms with Crippen LogP contribution in [0.25, 0.3) is 10.2 Å². The lowest BCUT2D eigenvalue weighted by Crippen LogP contribution is -2.45. The number of thiophene rings is 1. The first-order valence-electron chi connectivity index (χ1n) is 8.63. The molecule has 7 heteroatoms. The molecule has 0 aliphatic heterocycles. The number of carbonyl (C=O) groups excluding carboxylic acids is 1. The zero-order chi connectivity index (χ0) is 19.7. The van der Waals surface area contributed by atoms with Crippen molar-refractivity contribution in [2.45, 2.75) is 60.1 Å². The number of carbonyl (C=O) groups is 1. The van der Waals surface area contributed by atoms with E-state index in [0.717, 1.165) is 22.2 Å². The van der Waals surface area contributed by atoms with Crippen molar-refractivity contribution in [3.05, 3.63) is 16.3 Å². The van der Waals surface area contributed by atoms with Gasteiger partial charge in [-0.3, -0.25) is 4.79 Å². The summed E-state index contributed by atoms with van der Waals surface area (Å²) in [5, 5.41) is 3.95. The van der Waals surface area contributed by atoms with Crippen molar-refractivity contribution < 1.29 is 14.3 Å². The largest absolute Gasteiger partial charge is 0.480 e. The lowest BCUT2D eigenvalue weighted by Gasteiger charge is -2.33. The number of nitrogens with zero attached hydrogens (tertiary/aromatic N) is 2. The molecule has 0 unspecified atom stereocenters. The molecule has 0 aliphatic carbocycles. The fourth-order valence-electron chi connectivity index (χ4n) is 3.44. The molecule has 2 heterocycles. The summed E-state index contributed by atoms with van der Waals surface area (Å²) >= 11 is 1.36. The van der Waals surface area contributed by atoms with Gasteiger partial charge < -0.3 is 14.8 Å². The summed E-state index contributed by atoms with van der Waals surface area (Å²) in [6.45, 7) is 12.8. The molecule has 1 N–H and O–H groups in total. The monoisotopic (exact) mass is 379 g/mol. The maximum absolute atomic E-state index is 12.9. The molecule has 0 saturated carbocycles. The third-order valence-corrected chi connectivity index (χ3v) is 5.08. The second-order valence-electron chi connectivity index (χ2n) is 8.39. The highest BCUT2D eigenvalue weighted by Gasteiger charge is 2.29. The minimum absolute atomic E-state index is 0.0879. The first-order valence-corrected chi connectivity index (χ1v) is 9.44. The van der Waals surface area contributed by atoms with E-state index >= 15 is 0 Å². The second kappa shape index (κ2) is 7.48. The quantitative estimate of drug-likeness (QED) is 0.818. The summed E-state index contributed by atoms with van der Waals surface area (Å²) in [4.78, 5) is 23.2. The maximum atomic E-state index is 12.9. The highest BCUT2D eigenvalue weighted by molar-refractivity contribution is 7.20. The van der Waals surface area contributed by atoms with Gasteiger partial charge in [0.1, 0.15) is 11.4 Å². The lowest BCUT2D eigenvalue weighted by atomic mass is 9.82. The Labute approximate surface area is 159 Å². The topological polar surface area (TPSA) is 73.3 Å². The van der Waals surface area contributed by atoms with Crippen LogP contribution in [-0.4, -0.2) is 35.6 Å². The third-order valence-electron chi connectivity index (χ3n) is 3.90. The first-order chi connectivity index (χ1) is 12.0. The van der Waals surface area contributed by atoms with E-state index in [1.807, 2.05) is 6.92 Å². The van der Waals surface area contributed by atoms with Gasteiger partial charge in [0.25, 0.3) is 5.91 Å². The van der Waals surface area contributed by atoms with Crippen LogP contribution in [0.2, 0.25) is 0 Å². The standard InChI is InChI=1S/C19H29N3O3S/c1-11-13-16(25-8)20-12(9-24-7)21-17(13)26-14(11)15(23)22-19(5,6)10-18(2,3)4/h9-10H2,1-8H3,(H,22,23). The molecule has 0 spiro atoms. The van der Waals surface area contributed by atoms with E-state index in [-0.39, 0.29) is 16.9 Å². The molecule has 0 fully saturated rings. The van der Waals surface area contributed by atoms with Crippen molar-refractivity contribution in [1.29, 1.82) is 0 Å². The molecule has 0 aliphatic rings. The Morgan fingerprint density at radius 1 is 1.15 bits per heavy atom. The molecule has 1 amide bonds. The molecule has 0 saturated heterocycles. The average molecular weight is 380 g/mol. The van der Waals surface area contributed by atoms with Crippen molar-refractivity contribution in [3.8, 4) is 5.88 Å². The number of nitrogens with one attached hydrogen (secondary N) is 1. The smallest absolute Gasteiger partial charge is 0.262 e. The molecular formula is C19H29N3O3S. The number of hydrogen-bond donors (Lipinski definition) is 1. The van der Waals surface area contributed by atoms with Gasteiger partial charge in [-0.2, -0.15) is 4.98 Å². The molecule has 0 aromatic carbocycles. The van der Waals surface area contributed by atoms with Crippen LogP contribution < -0.4 is 10.1 Å². The highest BCUT2D eigenvalue weighted by atomic mass is 32.1. The van der Waals surface area contributed by atoms with Crippen molar-refractivity contribution in [2.24, 2.45) is 5.41 Å². The van der Waals surface area contributed by atoms with Crippen molar-refractivity contribution in [2.75, 3.05) is 14.2 Å². The summed E-state index contributed by atoms with van der Waals surface area (Å²) in [6, 6.07) is 0. The number of rotatable bonds is 6. The predicted octanol–water partition coefficient (Wildman–Crippen LogP) is 4.10. The fraction of sp³-hybridized carbons (Fsp3) is 0.632. The molecule has 6 nitrogen and oxygen atoms in total. The molecule has 0 radical (unpaired) electrons. The summed E-state index contributed by atoms with van der Waals surface area (Å²) in [6.07, 6.45) is 0.872.